The maximum absolute atomic E-state index is 6.11. The zero-order valence-electron chi connectivity index (χ0n) is 12.8. The molecule has 0 aliphatic carbocycles. The van der Waals surface area contributed by atoms with E-state index in [9.17, 15) is 0 Å². The van der Waals surface area contributed by atoms with E-state index in [-0.39, 0.29) is 6.04 Å². The molecule has 0 aliphatic heterocycles. The number of nitrogens with one attached hydrogen (secondary N) is 2. The normalized spacial score (nSPS) is 11.6. The van der Waals surface area contributed by atoms with Crippen LogP contribution in [0.3, 0.4) is 0 Å². The smallest absolute Gasteiger partial charge is 0.171 e. The first-order chi connectivity index (χ1) is 10.5. The SMILES string of the molecule is COc1ccc(NC(=S)N[C@@H](C)c2ccccc2C)cc1Cl. The van der Waals surface area contributed by atoms with Crippen molar-refractivity contribution in [3.05, 3.63) is 58.6 Å². The van der Waals surface area contributed by atoms with Gasteiger partial charge in [-0.25, -0.2) is 0 Å². The molecular formula is C17H19ClN2OS. The number of anilines is 1. The number of hydrogen-bond donors (Lipinski definition) is 2. The average Bonchev–Trinajstić information content (AvgIpc) is 2.47. The van der Waals surface area contributed by atoms with Gasteiger partial charge in [0.05, 0.1) is 18.2 Å². The highest BCUT2D eigenvalue weighted by Gasteiger charge is 2.10. The molecule has 0 heterocycles. The highest BCUT2D eigenvalue weighted by Crippen LogP contribution is 2.27. The Hall–Kier alpha value is -1.78. The number of hydrogen-bond acceptors (Lipinski definition) is 2. The fourth-order valence-electron chi connectivity index (χ4n) is 2.26. The molecule has 0 aliphatic rings. The van der Waals surface area contributed by atoms with E-state index in [1.807, 2.05) is 18.2 Å². The van der Waals surface area contributed by atoms with Crippen LogP contribution in [0.5, 0.6) is 5.75 Å². The van der Waals surface area contributed by atoms with E-state index in [2.05, 4.69) is 36.6 Å². The lowest BCUT2D eigenvalue weighted by atomic mass is 10.0. The lowest BCUT2D eigenvalue weighted by molar-refractivity contribution is 0.415. The molecule has 0 spiro atoms. The molecular weight excluding hydrogens is 316 g/mol. The highest BCUT2D eigenvalue weighted by molar-refractivity contribution is 7.80. The zero-order valence-corrected chi connectivity index (χ0v) is 14.4. The van der Waals surface area contributed by atoms with Gasteiger partial charge < -0.3 is 15.4 Å². The van der Waals surface area contributed by atoms with Gasteiger partial charge in [-0.1, -0.05) is 35.9 Å². The summed E-state index contributed by atoms with van der Waals surface area (Å²) < 4.78 is 5.13. The molecule has 22 heavy (non-hydrogen) atoms. The maximum atomic E-state index is 6.11. The molecule has 0 saturated carbocycles. The van der Waals surface area contributed by atoms with Crippen LogP contribution in [0.4, 0.5) is 5.69 Å². The number of benzene rings is 2. The molecule has 2 aromatic rings. The average molecular weight is 335 g/mol. The predicted octanol–water partition coefficient (Wildman–Crippen LogP) is 4.70. The summed E-state index contributed by atoms with van der Waals surface area (Å²) in [4.78, 5) is 0. The van der Waals surface area contributed by atoms with E-state index in [1.165, 1.54) is 11.1 Å². The van der Waals surface area contributed by atoms with Crippen molar-refractivity contribution in [2.75, 3.05) is 12.4 Å². The lowest BCUT2D eigenvalue weighted by Gasteiger charge is -2.19. The fraction of sp³-hybridized carbons (Fsp3) is 0.235. The van der Waals surface area contributed by atoms with Gasteiger partial charge in [-0.3, -0.25) is 0 Å². The highest BCUT2D eigenvalue weighted by atomic mass is 35.5. The number of halogens is 1. The van der Waals surface area contributed by atoms with E-state index in [4.69, 9.17) is 28.6 Å². The summed E-state index contributed by atoms with van der Waals surface area (Å²) in [7, 11) is 1.59. The van der Waals surface area contributed by atoms with Gasteiger partial charge in [0.2, 0.25) is 0 Å². The third kappa shape index (κ3) is 4.12. The van der Waals surface area contributed by atoms with Gasteiger partial charge in [0.1, 0.15) is 5.75 Å². The summed E-state index contributed by atoms with van der Waals surface area (Å²) >= 11 is 11.5. The minimum absolute atomic E-state index is 0.120. The molecule has 2 rings (SSSR count). The number of methoxy groups -OCH3 is 1. The monoisotopic (exact) mass is 334 g/mol. The Morgan fingerprint density at radius 3 is 2.59 bits per heavy atom. The Morgan fingerprint density at radius 1 is 1.23 bits per heavy atom. The molecule has 116 valence electrons. The van der Waals surface area contributed by atoms with E-state index >= 15 is 0 Å². The number of ether oxygens (including phenoxy) is 1. The van der Waals surface area contributed by atoms with Crippen LogP contribution < -0.4 is 15.4 Å². The molecule has 0 saturated heterocycles. The first kappa shape index (κ1) is 16.6. The van der Waals surface area contributed by atoms with Crippen molar-refractivity contribution in [3.8, 4) is 5.75 Å². The molecule has 0 bridgehead atoms. The van der Waals surface area contributed by atoms with Gasteiger partial charge in [-0.15, -0.1) is 0 Å². The van der Waals surface area contributed by atoms with Crippen LogP contribution in [0, 0.1) is 6.92 Å². The Bertz CT molecular complexity index is 675. The number of rotatable bonds is 4. The van der Waals surface area contributed by atoms with Gasteiger partial charge in [0, 0.05) is 5.69 Å². The quantitative estimate of drug-likeness (QED) is 0.794. The second-order valence-corrected chi connectivity index (χ2v) is 5.84. The first-order valence-electron chi connectivity index (χ1n) is 6.98. The Labute approximate surface area is 141 Å². The summed E-state index contributed by atoms with van der Waals surface area (Å²) in [5, 5.41) is 7.51. The van der Waals surface area contributed by atoms with Crippen molar-refractivity contribution >= 4 is 34.6 Å². The summed E-state index contributed by atoms with van der Waals surface area (Å²) in [6, 6.07) is 13.8. The summed E-state index contributed by atoms with van der Waals surface area (Å²) in [6.07, 6.45) is 0. The Morgan fingerprint density at radius 2 is 1.95 bits per heavy atom. The molecule has 1 atom stereocenters. The van der Waals surface area contributed by atoms with Crippen molar-refractivity contribution < 1.29 is 4.74 Å². The fourth-order valence-corrected chi connectivity index (χ4v) is 2.81. The Balaban J connectivity index is 2.01. The van der Waals surface area contributed by atoms with Crippen molar-refractivity contribution in [2.45, 2.75) is 19.9 Å². The Kier molecular flexibility index (Phi) is 5.63. The maximum Gasteiger partial charge on any atom is 0.171 e. The predicted molar refractivity (Wildman–Crippen MR) is 97.0 cm³/mol. The molecule has 0 amide bonds. The topological polar surface area (TPSA) is 33.3 Å². The van der Waals surface area contributed by atoms with Gasteiger partial charge in [0.25, 0.3) is 0 Å². The summed E-state index contributed by atoms with van der Waals surface area (Å²) in [5.74, 6) is 0.638. The third-order valence-electron chi connectivity index (χ3n) is 3.41. The minimum atomic E-state index is 0.120. The lowest BCUT2D eigenvalue weighted by Crippen LogP contribution is -2.31. The van der Waals surface area contributed by atoms with Crippen LogP contribution in [0.15, 0.2) is 42.5 Å². The standard InChI is InChI=1S/C17H19ClN2OS/c1-11-6-4-5-7-14(11)12(2)19-17(22)20-13-8-9-16(21-3)15(18)10-13/h4-10,12H,1-3H3,(H2,19,20,22)/t12-/m0/s1. The van der Waals surface area contributed by atoms with Crippen molar-refractivity contribution in [1.29, 1.82) is 0 Å². The molecule has 2 aromatic carbocycles. The van der Waals surface area contributed by atoms with Crippen LogP contribution in [0.1, 0.15) is 24.1 Å². The summed E-state index contributed by atoms with van der Waals surface area (Å²) in [5.41, 5.74) is 3.28. The van der Waals surface area contributed by atoms with Crippen LogP contribution in [-0.2, 0) is 0 Å². The third-order valence-corrected chi connectivity index (χ3v) is 3.93. The number of thiocarbonyl (C=S) groups is 1. The molecule has 0 fully saturated rings. The van der Waals surface area contributed by atoms with Gasteiger partial charge >= 0.3 is 0 Å². The second kappa shape index (κ2) is 7.47. The van der Waals surface area contributed by atoms with Gasteiger partial charge in [0.15, 0.2) is 5.11 Å². The van der Waals surface area contributed by atoms with Crippen LogP contribution in [0.25, 0.3) is 0 Å². The van der Waals surface area contributed by atoms with Crippen molar-refractivity contribution in [1.82, 2.24) is 5.32 Å². The molecule has 0 radical (unpaired) electrons. The zero-order chi connectivity index (χ0) is 16.1. The van der Waals surface area contributed by atoms with Crippen LogP contribution >= 0.6 is 23.8 Å². The van der Waals surface area contributed by atoms with Gasteiger partial charge in [-0.2, -0.15) is 0 Å². The molecule has 0 aromatic heterocycles. The van der Waals surface area contributed by atoms with Crippen molar-refractivity contribution in [2.24, 2.45) is 0 Å². The first-order valence-corrected chi connectivity index (χ1v) is 7.76. The molecule has 5 heteroatoms. The van der Waals surface area contributed by atoms with E-state index in [1.54, 1.807) is 19.2 Å². The van der Waals surface area contributed by atoms with Crippen LogP contribution in [-0.4, -0.2) is 12.2 Å². The van der Waals surface area contributed by atoms with E-state index in [0.717, 1.165) is 5.69 Å². The molecule has 3 nitrogen and oxygen atoms in total. The number of aryl methyl sites for hydroxylation is 1. The summed E-state index contributed by atoms with van der Waals surface area (Å²) in [6.45, 7) is 4.17. The van der Waals surface area contributed by atoms with E-state index in [0.29, 0.717) is 15.9 Å². The minimum Gasteiger partial charge on any atom is -0.495 e. The largest absolute Gasteiger partial charge is 0.495 e. The van der Waals surface area contributed by atoms with Crippen LogP contribution in [0.2, 0.25) is 5.02 Å². The second-order valence-electron chi connectivity index (χ2n) is 5.03. The van der Waals surface area contributed by atoms with Gasteiger partial charge in [-0.05, 0) is 55.4 Å². The molecule has 0 unspecified atom stereocenters. The van der Waals surface area contributed by atoms with E-state index < -0.39 is 0 Å². The molecule has 2 N–H and O–H groups in total. The van der Waals surface area contributed by atoms with Crippen molar-refractivity contribution in [3.63, 3.8) is 0 Å².